The third-order valence-electron chi connectivity index (χ3n) is 1.78. The van der Waals surface area contributed by atoms with Gasteiger partial charge < -0.3 is 5.73 Å². The molecule has 0 aliphatic rings. The average Bonchev–Trinajstić information content (AvgIpc) is 2.20. The molecule has 3 nitrogen and oxygen atoms in total. The highest BCUT2D eigenvalue weighted by atomic mass is 15.0. The molecule has 2 N–H and O–H groups in total. The molecule has 0 spiro atoms. The fraction of sp³-hybridized carbons (Fsp3) is 0. The topological polar surface area (TPSA) is 42.8 Å². The molecule has 0 saturated carbocycles. The van der Waals surface area contributed by atoms with Gasteiger partial charge in [0.2, 0.25) is 0 Å². The molecular weight excluding hydrogens is 162 g/mol. The lowest BCUT2D eigenvalue weighted by Crippen LogP contribution is -2.31. The summed E-state index contributed by atoms with van der Waals surface area (Å²) in [5.41, 5.74) is 6.45. The van der Waals surface area contributed by atoms with E-state index < -0.39 is 0 Å². The van der Waals surface area contributed by atoms with Gasteiger partial charge in [-0.25, -0.2) is 4.57 Å². The highest BCUT2D eigenvalue weighted by molar-refractivity contribution is 5.46. The van der Waals surface area contributed by atoms with E-state index in [0.717, 1.165) is 5.82 Å². The molecule has 0 aliphatic carbocycles. The smallest absolute Gasteiger partial charge is 0.350 e. The van der Waals surface area contributed by atoms with Crippen LogP contribution in [0.3, 0.4) is 0 Å². The molecule has 0 atom stereocenters. The van der Waals surface area contributed by atoms with E-state index in [1.165, 1.54) is 0 Å². The Morgan fingerprint density at radius 2 is 1.85 bits per heavy atom. The zero-order valence-electron chi connectivity index (χ0n) is 7.09. The molecule has 2 heterocycles. The summed E-state index contributed by atoms with van der Waals surface area (Å²) in [6.45, 7) is 0. The van der Waals surface area contributed by atoms with Crippen LogP contribution in [0.15, 0.2) is 48.9 Å². The molecule has 0 unspecified atom stereocenters. The molecule has 0 aliphatic heterocycles. The molecule has 0 aromatic carbocycles. The summed E-state index contributed by atoms with van der Waals surface area (Å²) in [5, 5.41) is 0. The number of hydrogen-bond acceptors (Lipinski definition) is 2. The van der Waals surface area contributed by atoms with Gasteiger partial charge in [0, 0.05) is 0 Å². The van der Waals surface area contributed by atoms with E-state index in [-0.39, 0.29) is 0 Å². The average molecular weight is 172 g/mol. The van der Waals surface area contributed by atoms with Crippen LogP contribution in [0.5, 0.6) is 0 Å². The minimum absolute atomic E-state index is 0.679. The Balaban J connectivity index is 2.54. The third-order valence-corrected chi connectivity index (χ3v) is 1.78. The molecule has 2 rings (SSSR count). The van der Waals surface area contributed by atoms with E-state index in [1.807, 2.05) is 47.3 Å². The lowest BCUT2D eigenvalue weighted by molar-refractivity contribution is -0.598. The standard InChI is InChI=1S/C10H10N3/c11-9-5-4-6-12-10(9)13-7-2-1-3-8-13/h1-8H,11H2/q+1. The van der Waals surface area contributed by atoms with Gasteiger partial charge in [-0.2, -0.15) is 0 Å². The van der Waals surface area contributed by atoms with Gasteiger partial charge in [0.15, 0.2) is 0 Å². The Bertz CT molecular complexity index is 398. The van der Waals surface area contributed by atoms with E-state index in [4.69, 9.17) is 5.73 Å². The minimum atomic E-state index is 0.679. The van der Waals surface area contributed by atoms with Crippen LogP contribution in [0.25, 0.3) is 5.82 Å². The molecule has 2 aromatic rings. The Morgan fingerprint density at radius 3 is 2.54 bits per heavy atom. The van der Waals surface area contributed by atoms with Crippen molar-refractivity contribution in [3.05, 3.63) is 48.9 Å². The Labute approximate surface area is 76.5 Å². The van der Waals surface area contributed by atoms with Crippen LogP contribution < -0.4 is 10.3 Å². The molecule has 3 heteroatoms. The van der Waals surface area contributed by atoms with Crippen LogP contribution in [-0.4, -0.2) is 4.98 Å². The van der Waals surface area contributed by atoms with Crippen LogP contribution in [0.1, 0.15) is 0 Å². The number of aromatic nitrogens is 2. The van der Waals surface area contributed by atoms with Gasteiger partial charge >= 0.3 is 5.82 Å². The van der Waals surface area contributed by atoms with Crippen molar-refractivity contribution < 1.29 is 4.57 Å². The van der Waals surface area contributed by atoms with Crippen molar-refractivity contribution in [3.8, 4) is 5.82 Å². The fourth-order valence-corrected chi connectivity index (χ4v) is 1.17. The monoisotopic (exact) mass is 172 g/mol. The van der Waals surface area contributed by atoms with Crippen molar-refractivity contribution in [3.63, 3.8) is 0 Å². The van der Waals surface area contributed by atoms with Crippen LogP contribution in [0.4, 0.5) is 5.69 Å². The molecule has 0 radical (unpaired) electrons. The summed E-state index contributed by atoms with van der Waals surface area (Å²) in [6.07, 6.45) is 5.56. The number of pyridine rings is 2. The highest BCUT2D eigenvalue weighted by Crippen LogP contribution is 2.05. The largest absolute Gasteiger partial charge is 0.392 e. The van der Waals surface area contributed by atoms with Crippen molar-refractivity contribution in [2.75, 3.05) is 5.73 Å². The number of nitrogens with zero attached hydrogens (tertiary/aromatic N) is 2. The first-order valence-electron chi connectivity index (χ1n) is 4.05. The molecule has 64 valence electrons. The molecule has 0 saturated heterocycles. The van der Waals surface area contributed by atoms with Gasteiger partial charge in [0.25, 0.3) is 0 Å². The zero-order valence-corrected chi connectivity index (χ0v) is 7.09. The number of nitrogens with two attached hydrogens (primary N) is 1. The normalized spacial score (nSPS) is 9.85. The zero-order chi connectivity index (χ0) is 9.10. The van der Waals surface area contributed by atoms with Gasteiger partial charge in [0.1, 0.15) is 11.9 Å². The fourth-order valence-electron chi connectivity index (χ4n) is 1.17. The Hall–Kier alpha value is -1.90. The predicted molar refractivity (Wildman–Crippen MR) is 50.2 cm³/mol. The van der Waals surface area contributed by atoms with Crippen molar-refractivity contribution in [1.82, 2.24) is 4.98 Å². The number of nitrogen functional groups attached to an aromatic ring is 1. The summed E-state index contributed by atoms with van der Waals surface area (Å²) >= 11 is 0. The summed E-state index contributed by atoms with van der Waals surface area (Å²) in [4.78, 5) is 4.19. The van der Waals surface area contributed by atoms with Crippen LogP contribution in [0.2, 0.25) is 0 Å². The number of rotatable bonds is 1. The van der Waals surface area contributed by atoms with Crippen molar-refractivity contribution >= 4 is 5.69 Å². The molecule has 0 bridgehead atoms. The van der Waals surface area contributed by atoms with E-state index in [0.29, 0.717) is 5.69 Å². The predicted octanol–water partition coefficient (Wildman–Crippen LogP) is 0.941. The van der Waals surface area contributed by atoms with Gasteiger partial charge in [0.05, 0.1) is 12.4 Å². The van der Waals surface area contributed by atoms with Crippen LogP contribution >= 0.6 is 0 Å². The minimum Gasteiger partial charge on any atom is -0.392 e. The van der Waals surface area contributed by atoms with Gasteiger partial charge in [-0.3, -0.25) is 0 Å². The van der Waals surface area contributed by atoms with Gasteiger partial charge in [-0.1, -0.05) is 6.07 Å². The Kier molecular flexibility index (Phi) is 1.92. The summed E-state index contributed by atoms with van der Waals surface area (Å²) in [6, 6.07) is 9.49. The van der Waals surface area contributed by atoms with Crippen LogP contribution in [0, 0.1) is 0 Å². The van der Waals surface area contributed by atoms with Gasteiger partial charge in [-0.05, 0) is 29.2 Å². The SMILES string of the molecule is Nc1cccnc1-[n+]1ccccc1. The summed E-state index contributed by atoms with van der Waals surface area (Å²) < 4.78 is 1.88. The quantitative estimate of drug-likeness (QED) is 0.650. The van der Waals surface area contributed by atoms with Crippen molar-refractivity contribution in [1.29, 1.82) is 0 Å². The third kappa shape index (κ3) is 1.49. The number of anilines is 1. The maximum absolute atomic E-state index is 5.77. The highest BCUT2D eigenvalue weighted by Gasteiger charge is 2.09. The van der Waals surface area contributed by atoms with E-state index in [2.05, 4.69) is 4.98 Å². The molecule has 2 aromatic heterocycles. The lowest BCUT2D eigenvalue weighted by atomic mass is 10.4. The number of hydrogen-bond donors (Lipinski definition) is 1. The molecule has 0 fully saturated rings. The Morgan fingerprint density at radius 1 is 1.08 bits per heavy atom. The second kappa shape index (κ2) is 3.23. The van der Waals surface area contributed by atoms with Crippen molar-refractivity contribution in [2.45, 2.75) is 0 Å². The maximum atomic E-state index is 5.77. The molecular formula is C10H10N3+. The lowest BCUT2D eigenvalue weighted by Gasteiger charge is -1.96. The van der Waals surface area contributed by atoms with E-state index in [9.17, 15) is 0 Å². The second-order valence-electron chi connectivity index (χ2n) is 2.70. The molecule has 0 amide bonds. The van der Waals surface area contributed by atoms with Crippen LogP contribution in [-0.2, 0) is 0 Å². The second-order valence-corrected chi connectivity index (χ2v) is 2.70. The maximum Gasteiger partial charge on any atom is 0.350 e. The van der Waals surface area contributed by atoms with E-state index >= 15 is 0 Å². The molecule has 13 heavy (non-hydrogen) atoms. The first kappa shape index (κ1) is 7.73. The first-order valence-corrected chi connectivity index (χ1v) is 4.05. The van der Waals surface area contributed by atoms with Crippen molar-refractivity contribution in [2.24, 2.45) is 0 Å². The summed E-state index contributed by atoms with van der Waals surface area (Å²) in [7, 11) is 0. The summed E-state index contributed by atoms with van der Waals surface area (Å²) in [5.74, 6) is 0.767. The van der Waals surface area contributed by atoms with Gasteiger partial charge in [-0.15, -0.1) is 0 Å². The van der Waals surface area contributed by atoms with E-state index in [1.54, 1.807) is 6.20 Å². The first-order chi connectivity index (χ1) is 6.38.